The molecule has 2 fully saturated rings. The molecule has 0 atom stereocenters. The van der Waals surface area contributed by atoms with Crippen LogP contribution in [0, 0.1) is 0 Å². The second-order valence-corrected chi connectivity index (χ2v) is 20.6. The summed E-state index contributed by atoms with van der Waals surface area (Å²) in [5, 5.41) is 11.0. The van der Waals surface area contributed by atoms with Crippen molar-refractivity contribution in [3.8, 4) is 0 Å². The second kappa shape index (κ2) is 22.4. The van der Waals surface area contributed by atoms with Crippen molar-refractivity contribution in [2.75, 3.05) is 72.8 Å². The molecule has 0 aliphatic carbocycles. The van der Waals surface area contributed by atoms with E-state index in [2.05, 4.69) is 41.1 Å². The van der Waals surface area contributed by atoms with E-state index in [1.165, 1.54) is 6.07 Å². The molecule has 0 bridgehead atoms. The molecule has 4 N–H and O–H groups in total. The summed E-state index contributed by atoms with van der Waals surface area (Å²) < 4.78 is 21.5. The molecule has 0 aromatic heterocycles. The molecule has 378 valence electrons. The molecular weight excluding hydrogens is 901 g/mol. The quantitative estimate of drug-likeness (QED) is 0.104. The third-order valence-corrected chi connectivity index (χ3v) is 9.93. The number of carbonyl (C=O) groups excluding carboxylic acids is 6. The first-order valence-electron chi connectivity index (χ1n) is 23.1. The van der Waals surface area contributed by atoms with E-state index in [0.29, 0.717) is 74.9 Å². The first-order valence-corrected chi connectivity index (χ1v) is 23.1. The second-order valence-electron chi connectivity index (χ2n) is 20.6. The minimum absolute atomic E-state index is 0.0409. The van der Waals surface area contributed by atoms with Crippen molar-refractivity contribution in [2.45, 2.75) is 105 Å². The number of nitrogens with one attached hydrogen (secondary N) is 4. The monoisotopic (exact) mass is 969 g/mol. The molecule has 6 amide bonds. The lowest BCUT2D eigenvalue weighted by molar-refractivity contribution is 0.0535. The number of amides is 6. The number of nitrogens with zero attached hydrogens (tertiary/aromatic N) is 6. The highest BCUT2D eigenvalue weighted by Crippen LogP contribution is 2.23. The van der Waals surface area contributed by atoms with Crippen LogP contribution in [0.15, 0.2) is 82.8 Å². The van der Waals surface area contributed by atoms with Gasteiger partial charge in [0.2, 0.25) is 11.9 Å². The molecule has 0 radical (unpaired) electrons. The predicted molar refractivity (Wildman–Crippen MR) is 269 cm³/mol. The average Bonchev–Trinajstić information content (AvgIpc) is 3.24. The van der Waals surface area contributed by atoms with Gasteiger partial charge in [0, 0.05) is 86.2 Å². The molecule has 0 unspecified atom stereocenters. The normalized spacial score (nSPS) is 15.1. The van der Waals surface area contributed by atoms with Gasteiger partial charge in [0.15, 0.2) is 0 Å². The summed E-state index contributed by atoms with van der Waals surface area (Å²) in [6.45, 7) is 24.7. The smallest absolute Gasteiger partial charge is 0.437 e. The molecule has 0 saturated carbocycles. The maximum Gasteiger partial charge on any atom is 0.437 e. The first-order chi connectivity index (χ1) is 32.6. The number of anilines is 4. The van der Waals surface area contributed by atoms with Gasteiger partial charge in [-0.05, 0) is 150 Å². The number of aliphatic imine (C=N–C) groups is 2. The highest BCUT2D eigenvalue weighted by molar-refractivity contribution is 6.09. The van der Waals surface area contributed by atoms with Crippen LogP contribution in [0.2, 0.25) is 0 Å². The number of rotatable bonds is 6. The van der Waals surface area contributed by atoms with Gasteiger partial charge in [-0.2, -0.15) is 0 Å². The van der Waals surface area contributed by atoms with Gasteiger partial charge < -0.3 is 49.2 Å². The molecule has 2 aliphatic heterocycles. The van der Waals surface area contributed by atoms with Crippen LogP contribution in [-0.4, -0.2) is 133 Å². The average molecular weight is 969 g/mol. The summed E-state index contributed by atoms with van der Waals surface area (Å²) in [6.07, 6.45) is -3.15. The van der Waals surface area contributed by atoms with Gasteiger partial charge in [-0.1, -0.05) is 6.07 Å². The van der Waals surface area contributed by atoms with Gasteiger partial charge in [-0.15, -0.1) is 9.98 Å². The SMILES string of the molecule is CC(C)(C)OC(=O)/N=C(/NC(=O)OC(C)(C)C)N1CCN(c2ccc(NC(=O)c3cccc(C(=O)Nc4ccc(N5CCN(/C(=N/C(=O)OC(C)(C)C)NC(=O)OC(C)(C)C)CC5)cc4)c3)cc2)CC1. The van der Waals surface area contributed by atoms with Crippen LogP contribution in [0.4, 0.5) is 41.9 Å². The summed E-state index contributed by atoms with van der Waals surface area (Å²) in [5.74, 6) is -0.699. The van der Waals surface area contributed by atoms with Crippen LogP contribution in [-0.2, 0) is 18.9 Å². The van der Waals surface area contributed by atoms with Crippen molar-refractivity contribution < 1.29 is 47.7 Å². The fourth-order valence-electron chi connectivity index (χ4n) is 6.96. The lowest BCUT2D eigenvalue weighted by atomic mass is 10.1. The molecule has 5 rings (SSSR count). The summed E-state index contributed by atoms with van der Waals surface area (Å²) in [4.78, 5) is 93.3. The predicted octanol–water partition coefficient (Wildman–Crippen LogP) is 8.07. The van der Waals surface area contributed by atoms with Gasteiger partial charge in [-0.25, -0.2) is 19.2 Å². The van der Waals surface area contributed by atoms with Gasteiger partial charge in [-0.3, -0.25) is 20.2 Å². The molecule has 20 nitrogen and oxygen atoms in total. The van der Waals surface area contributed by atoms with Crippen LogP contribution in [0.1, 0.15) is 104 Å². The number of piperazine rings is 2. The Hall–Kier alpha value is -7.38. The maximum atomic E-state index is 13.4. The molecule has 20 heteroatoms. The Morgan fingerprint density at radius 2 is 0.757 bits per heavy atom. The van der Waals surface area contributed by atoms with Crippen LogP contribution >= 0.6 is 0 Å². The van der Waals surface area contributed by atoms with E-state index in [1.807, 2.05) is 24.3 Å². The van der Waals surface area contributed by atoms with E-state index < -0.39 is 58.6 Å². The summed E-state index contributed by atoms with van der Waals surface area (Å²) >= 11 is 0. The van der Waals surface area contributed by atoms with Gasteiger partial charge in [0.1, 0.15) is 22.4 Å². The van der Waals surface area contributed by atoms with E-state index in [9.17, 15) is 28.8 Å². The number of hydrogen-bond acceptors (Lipinski definition) is 12. The Labute approximate surface area is 410 Å². The van der Waals surface area contributed by atoms with E-state index in [1.54, 1.807) is 135 Å². The van der Waals surface area contributed by atoms with Crippen LogP contribution in [0.3, 0.4) is 0 Å². The minimum atomic E-state index is -0.833. The van der Waals surface area contributed by atoms with Crippen molar-refractivity contribution in [3.05, 3.63) is 83.9 Å². The number of carbonyl (C=O) groups is 6. The largest absolute Gasteiger partial charge is 0.444 e. The third-order valence-electron chi connectivity index (χ3n) is 9.93. The van der Waals surface area contributed by atoms with E-state index >= 15 is 0 Å². The highest BCUT2D eigenvalue weighted by atomic mass is 16.6. The summed E-state index contributed by atoms with van der Waals surface area (Å²) in [6, 6.07) is 21.2. The van der Waals surface area contributed by atoms with Crippen molar-refractivity contribution in [1.29, 1.82) is 0 Å². The Bertz CT molecular complexity index is 2250. The van der Waals surface area contributed by atoms with E-state index in [4.69, 9.17) is 18.9 Å². The Kier molecular flexibility index (Phi) is 17.1. The van der Waals surface area contributed by atoms with Crippen molar-refractivity contribution >= 4 is 70.9 Å². The van der Waals surface area contributed by atoms with Crippen LogP contribution < -0.4 is 31.1 Å². The maximum absolute atomic E-state index is 13.4. The van der Waals surface area contributed by atoms with Crippen LogP contribution in [0.5, 0.6) is 0 Å². The number of ether oxygens (including phenoxy) is 4. The zero-order valence-corrected chi connectivity index (χ0v) is 42.4. The molecular formula is C50H68N10O10. The zero-order chi connectivity index (χ0) is 51.6. The van der Waals surface area contributed by atoms with Crippen LogP contribution in [0.25, 0.3) is 0 Å². The summed E-state index contributed by atoms with van der Waals surface area (Å²) in [7, 11) is 0. The van der Waals surface area contributed by atoms with Crippen molar-refractivity contribution in [1.82, 2.24) is 20.4 Å². The van der Waals surface area contributed by atoms with E-state index in [0.717, 1.165) is 11.4 Å². The number of alkyl carbamates (subject to hydrolysis) is 2. The van der Waals surface area contributed by atoms with Crippen molar-refractivity contribution in [3.63, 3.8) is 0 Å². The lowest BCUT2D eigenvalue weighted by Gasteiger charge is -2.37. The number of hydrogen-bond donors (Lipinski definition) is 4. The number of benzene rings is 3. The Morgan fingerprint density at radius 3 is 1.06 bits per heavy atom. The molecule has 70 heavy (non-hydrogen) atoms. The molecule has 3 aromatic rings. The lowest BCUT2D eigenvalue weighted by Crippen LogP contribution is -2.54. The molecule has 2 heterocycles. The Balaban J connectivity index is 1.13. The topological polar surface area (TPSA) is 225 Å². The fraction of sp³-hybridized carbons (Fsp3) is 0.480. The molecule has 2 aliphatic rings. The first kappa shape index (κ1) is 53.6. The molecule has 2 saturated heterocycles. The Morgan fingerprint density at radius 1 is 0.443 bits per heavy atom. The number of guanidine groups is 2. The standard InChI is InChI=1S/C50H68N10O10/c1-47(2,3)67-43(63)53-41(54-44(64)68-48(4,5)6)59-28-24-57(25-29-59)37-20-16-35(17-21-37)51-39(61)33-14-13-15-34(32-33)40(62)52-36-18-22-38(23-19-36)58-26-30-60(31-27-58)42(55-45(65)69-49(7,8)9)56-46(66)70-50(10,11)12/h13-23,32H,24-31H2,1-12H3,(H,51,61)(H,52,62)(H,53,54,63,64)(H,55,56,65,66). The molecule has 0 spiro atoms. The molecule has 3 aromatic carbocycles. The summed E-state index contributed by atoms with van der Waals surface area (Å²) in [5.41, 5.74) is 0.471. The van der Waals surface area contributed by atoms with Gasteiger partial charge >= 0.3 is 24.4 Å². The zero-order valence-electron chi connectivity index (χ0n) is 42.4. The highest BCUT2D eigenvalue weighted by Gasteiger charge is 2.28. The van der Waals surface area contributed by atoms with Gasteiger partial charge in [0.25, 0.3) is 11.8 Å². The fourth-order valence-corrected chi connectivity index (χ4v) is 6.96. The van der Waals surface area contributed by atoms with E-state index in [-0.39, 0.29) is 11.9 Å². The third kappa shape index (κ3) is 17.6. The van der Waals surface area contributed by atoms with Crippen molar-refractivity contribution in [2.24, 2.45) is 9.98 Å². The minimum Gasteiger partial charge on any atom is -0.444 e. The van der Waals surface area contributed by atoms with Gasteiger partial charge in [0.05, 0.1) is 0 Å².